The van der Waals surface area contributed by atoms with Gasteiger partial charge in [0.2, 0.25) is 5.91 Å². The van der Waals surface area contributed by atoms with Gasteiger partial charge >= 0.3 is 0 Å². The minimum absolute atomic E-state index is 0.130. The van der Waals surface area contributed by atoms with Gasteiger partial charge in [0.05, 0.1) is 11.0 Å². The number of halogens is 1. The van der Waals surface area contributed by atoms with Crippen molar-refractivity contribution in [1.82, 2.24) is 5.32 Å². The minimum atomic E-state index is -0.815. The fraction of sp³-hybridized carbons (Fsp3) is 0.923. The standard InChI is InChI=1S/C13H22BrNO2S/c1-12(17,8-18-2)7-15-11(16)13-4-3-9(6-13)5-10(13)14/h9-10,17H,3-8H2,1-2H3,(H,15,16)/t9-,10-,12-,13+/m0/s1. The molecule has 1 amide bonds. The Kier molecular flexibility index (Phi) is 4.34. The topological polar surface area (TPSA) is 49.3 Å². The number of thioether (sulfide) groups is 1. The Bertz CT molecular complexity index is 337. The van der Waals surface area contributed by atoms with E-state index in [-0.39, 0.29) is 11.3 Å². The van der Waals surface area contributed by atoms with Crippen LogP contribution in [-0.2, 0) is 4.79 Å². The van der Waals surface area contributed by atoms with Crippen molar-refractivity contribution >= 4 is 33.6 Å². The molecule has 0 radical (unpaired) electrons. The van der Waals surface area contributed by atoms with E-state index in [1.807, 2.05) is 6.26 Å². The molecule has 2 rings (SSSR count). The first-order valence-electron chi connectivity index (χ1n) is 6.53. The maximum atomic E-state index is 12.4. The normalized spacial score (nSPS) is 37.6. The molecule has 0 spiro atoms. The number of nitrogens with one attached hydrogen (secondary N) is 1. The van der Waals surface area contributed by atoms with Gasteiger partial charge in [-0.15, -0.1) is 0 Å². The third-order valence-electron chi connectivity index (χ3n) is 4.33. The zero-order valence-electron chi connectivity index (χ0n) is 11.0. The summed E-state index contributed by atoms with van der Waals surface area (Å²) in [5.74, 6) is 1.48. The summed E-state index contributed by atoms with van der Waals surface area (Å²) >= 11 is 5.27. The van der Waals surface area contributed by atoms with Gasteiger partial charge in [0.25, 0.3) is 0 Å². The molecule has 2 N–H and O–H groups in total. The Labute approximate surface area is 122 Å². The second-order valence-electron chi connectivity index (χ2n) is 6.08. The molecule has 0 aromatic heterocycles. The SMILES string of the molecule is CSC[C@@](C)(O)CNC(=O)[C@@]12CC[C@@H](C[C@@H]1Br)C2. The Morgan fingerprint density at radius 1 is 1.67 bits per heavy atom. The molecule has 3 nitrogen and oxygen atoms in total. The summed E-state index contributed by atoms with van der Waals surface area (Å²) in [6.45, 7) is 2.12. The Hall–Kier alpha value is 0.260. The van der Waals surface area contributed by atoms with Crippen LogP contribution in [0.15, 0.2) is 0 Å². The van der Waals surface area contributed by atoms with E-state index in [0.717, 1.165) is 19.3 Å². The minimum Gasteiger partial charge on any atom is -0.387 e. The van der Waals surface area contributed by atoms with Crippen molar-refractivity contribution in [2.45, 2.75) is 43.0 Å². The molecule has 2 aliphatic rings. The smallest absolute Gasteiger partial charge is 0.227 e. The van der Waals surface area contributed by atoms with E-state index >= 15 is 0 Å². The third kappa shape index (κ3) is 2.73. The number of amides is 1. The highest BCUT2D eigenvalue weighted by Crippen LogP contribution is 2.57. The lowest BCUT2D eigenvalue weighted by Crippen LogP contribution is -2.49. The van der Waals surface area contributed by atoms with Gasteiger partial charge in [-0.1, -0.05) is 15.9 Å². The van der Waals surface area contributed by atoms with Crippen molar-refractivity contribution in [1.29, 1.82) is 0 Å². The summed E-state index contributed by atoms with van der Waals surface area (Å²) in [5, 5.41) is 13.1. The van der Waals surface area contributed by atoms with Crippen LogP contribution in [0.5, 0.6) is 0 Å². The van der Waals surface area contributed by atoms with Gasteiger partial charge in [-0.3, -0.25) is 4.79 Å². The average molecular weight is 336 g/mol. The lowest BCUT2D eigenvalue weighted by atomic mass is 9.83. The highest BCUT2D eigenvalue weighted by Gasteiger charge is 2.55. The number of hydrogen-bond donors (Lipinski definition) is 2. The van der Waals surface area contributed by atoms with Crippen molar-refractivity contribution in [3.05, 3.63) is 0 Å². The summed E-state index contributed by atoms with van der Waals surface area (Å²) in [4.78, 5) is 12.7. The van der Waals surface area contributed by atoms with Gasteiger partial charge in [0.1, 0.15) is 0 Å². The number of alkyl halides is 1. The predicted molar refractivity (Wildman–Crippen MR) is 79.1 cm³/mol. The second-order valence-corrected chi connectivity index (χ2v) is 8.05. The van der Waals surface area contributed by atoms with Gasteiger partial charge < -0.3 is 10.4 Å². The molecule has 0 aromatic rings. The van der Waals surface area contributed by atoms with E-state index in [0.29, 0.717) is 23.0 Å². The Morgan fingerprint density at radius 2 is 2.39 bits per heavy atom. The van der Waals surface area contributed by atoms with Crippen LogP contribution in [0.2, 0.25) is 0 Å². The second kappa shape index (κ2) is 5.33. The van der Waals surface area contributed by atoms with E-state index < -0.39 is 5.60 Å². The summed E-state index contributed by atoms with van der Waals surface area (Å²) < 4.78 is 0. The molecule has 2 saturated carbocycles. The van der Waals surface area contributed by atoms with Gasteiger partial charge in [-0.25, -0.2) is 0 Å². The average Bonchev–Trinajstić information content (AvgIpc) is 2.84. The number of fused-ring (bicyclic) bond motifs is 2. The molecule has 4 atom stereocenters. The first-order valence-corrected chi connectivity index (χ1v) is 8.84. The molecule has 18 heavy (non-hydrogen) atoms. The quantitative estimate of drug-likeness (QED) is 0.757. The van der Waals surface area contributed by atoms with Crippen LogP contribution in [0.4, 0.5) is 0 Å². The maximum Gasteiger partial charge on any atom is 0.227 e. The molecule has 2 bridgehead atoms. The van der Waals surface area contributed by atoms with Crippen LogP contribution in [0.3, 0.4) is 0 Å². The Morgan fingerprint density at radius 3 is 2.89 bits per heavy atom. The molecular weight excluding hydrogens is 314 g/mol. The van der Waals surface area contributed by atoms with Crippen LogP contribution >= 0.6 is 27.7 Å². The number of rotatable bonds is 5. The fourth-order valence-electron chi connectivity index (χ4n) is 3.34. The number of hydrogen-bond acceptors (Lipinski definition) is 3. The van der Waals surface area contributed by atoms with Crippen molar-refractivity contribution in [3.63, 3.8) is 0 Å². The largest absolute Gasteiger partial charge is 0.387 e. The number of carbonyl (C=O) groups excluding carboxylic acids is 1. The molecule has 0 unspecified atom stereocenters. The lowest BCUT2D eigenvalue weighted by molar-refractivity contribution is -0.131. The van der Waals surface area contributed by atoms with E-state index in [4.69, 9.17) is 0 Å². The van der Waals surface area contributed by atoms with Gasteiger partial charge in [0.15, 0.2) is 0 Å². The van der Waals surface area contributed by atoms with Crippen molar-refractivity contribution in [2.75, 3.05) is 18.6 Å². The van der Waals surface area contributed by atoms with Crippen molar-refractivity contribution in [2.24, 2.45) is 11.3 Å². The van der Waals surface area contributed by atoms with E-state index in [2.05, 4.69) is 21.2 Å². The van der Waals surface area contributed by atoms with Crippen LogP contribution < -0.4 is 5.32 Å². The van der Waals surface area contributed by atoms with Crippen molar-refractivity contribution in [3.8, 4) is 0 Å². The molecule has 5 heteroatoms. The van der Waals surface area contributed by atoms with Crippen molar-refractivity contribution < 1.29 is 9.90 Å². The molecule has 0 aromatic carbocycles. The lowest BCUT2D eigenvalue weighted by Gasteiger charge is -2.32. The fourth-order valence-corrected chi connectivity index (χ4v) is 5.22. The summed E-state index contributed by atoms with van der Waals surface area (Å²) in [6.07, 6.45) is 6.26. The molecule has 2 fully saturated rings. The van der Waals surface area contributed by atoms with Crippen LogP contribution in [-0.4, -0.2) is 40.0 Å². The van der Waals surface area contributed by atoms with Crippen LogP contribution in [0.1, 0.15) is 32.6 Å². The van der Waals surface area contributed by atoms with E-state index in [1.165, 1.54) is 6.42 Å². The zero-order valence-corrected chi connectivity index (χ0v) is 13.4. The van der Waals surface area contributed by atoms with E-state index in [1.54, 1.807) is 18.7 Å². The zero-order chi connectivity index (χ0) is 13.4. The van der Waals surface area contributed by atoms with Crippen LogP contribution in [0, 0.1) is 11.3 Å². The summed E-state index contributed by atoms with van der Waals surface area (Å²) in [5.41, 5.74) is -1.02. The molecule has 0 saturated heterocycles. The molecule has 0 heterocycles. The molecule has 104 valence electrons. The highest BCUT2D eigenvalue weighted by molar-refractivity contribution is 9.09. The van der Waals surface area contributed by atoms with Gasteiger partial charge in [-0.05, 0) is 44.8 Å². The number of carbonyl (C=O) groups is 1. The first kappa shape index (κ1) is 14.7. The highest BCUT2D eigenvalue weighted by atomic mass is 79.9. The molecule has 0 aliphatic heterocycles. The van der Waals surface area contributed by atoms with E-state index in [9.17, 15) is 9.90 Å². The first-order chi connectivity index (χ1) is 8.39. The summed E-state index contributed by atoms with van der Waals surface area (Å²) in [7, 11) is 0. The summed E-state index contributed by atoms with van der Waals surface area (Å²) in [6, 6.07) is 0. The monoisotopic (exact) mass is 335 g/mol. The Balaban J connectivity index is 1.92. The van der Waals surface area contributed by atoms with Crippen LogP contribution in [0.25, 0.3) is 0 Å². The molecule has 2 aliphatic carbocycles. The van der Waals surface area contributed by atoms with Gasteiger partial charge in [-0.2, -0.15) is 11.8 Å². The van der Waals surface area contributed by atoms with Gasteiger partial charge in [0, 0.05) is 17.1 Å². The number of aliphatic hydroxyl groups is 1. The third-order valence-corrected chi connectivity index (χ3v) is 6.49. The predicted octanol–water partition coefficient (Wildman–Crippen LogP) is 2.17. The maximum absolute atomic E-state index is 12.4. The molecular formula is C13H22BrNO2S.